The van der Waals surface area contributed by atoms with Gasteiger partial charge in [-0.05, 0) is 32.2 Å². The third-order valence-corrected chi connectivity index (χ3v) is 6.92. The average Bonchev–Trinajstić information content (AvgIpc) is 3.18. The molecule has 1 heterocycles. The highest BCUT2D eigenvalue weighted by molar-refractivity contribution is 7.93. The van der Waals surface area contributed by atoms with E-state index in [9.17, 15) is 16.8 Å². The molecule has 6 nitrogen and oxygen atoms in total. The molecule has 0 amide bonds. The molecule has 1 saturated carbocycles. The van der Waals surface area contributed by atoms with Gasteiger partial charge in [-0.2, -0.15) is 4.31 Å². The second kappa shape index (κ2) is 6.29. The topological polar surface area (TPSA) is 83.5 Å². The minimum Gasteiger partial charge on any atom is -0.313 e. The van der Waals surface area contributed by atoms with E-state index in [1.165, 1.54) is 0 Å². The van der Waals surface area contributed by atoms with E-state index in [1.807, 2.05) is 0 Å². The van der Waals surface area contributed by atoms with Crippen LogP contribution in [-0.2, 0) is 19.9 Å². The summed E-state index contributed by atoms with van der Waals surface area (Å²) in [5, 5.41) is 3.35. The fourth-order valence-electron chi connectivity index (χ4n) is 2.52. The highest BCUT2D eigenvalue weighted by Crippen LogP contribution is 2.30. The van der Waals surface area contributed by atoms with E-state index in [0.717, 1.165) is 44.9 Å². The Morgan fingerprint density at radius 1 is 1.05 bits per heavy atom. The Balaban J connectivity index is 1.99. The van der Waals surface area contributed by atoms with Gasteiger partial charge >= 0.3 is 0 Å². The lowest BCUT2D eigenvalue weighted by atomic mass is 10.1. The number of rotatable bonds is 7. The number of hydrogen-bond acceptors (Lipinski definition) is 5. The first-order valence-corrected chi connectivity index (χ1v) is 10.9. The monoisotopic (exact) mass is 324 g/mol. The maximum atomic E-state index is 12.4. The van der Waals surface area contributed by atoms with Gasteiger partial charge in [-0.3, -0.25) is 0 Å². The summed E-state index contributed by atoms with van der Waals surface area (Å²) in [5.41, 5.74) is 0. The van der Waals surface area contributed by atoms with E-state index in [-0.39, 0.29) is 23.6 Å². The van der Waals surface area contributed by atoms with Gasteiger partial charge in [0.1, 0.15) is 9.84 Å². The Kier molecular flexibility index (Phi) is 5.09. The summed E-state index contributed by atoms with van der Waals surface area (Å²) in [6.45, 7) is 1.42. The van der Waals surface area contributed by atoms with E-state index >= 15 is 0 Å². The Bertz CT molecular complexity index is 520. The Morgan fingerprint density at radius 3 is 2.25 bits per heavy atom. The van der Waals surface area contributed by atoms with Gasteiger partial charge in [0.15, 0.2) is 0 Å². The summed E-state index contributed by atoms with van der Waals surface area (Å²) in [7, 11) is -6.73. The van der Waals surface area contributed by atoms with Crippen molar-refractivity contribution in [1.82, 2.24) is 9.62 Å². The van der Waals surface area contributed by atoms with Crippen LogP contribution >= 0.6 is 0 Å². The molecule has 1 unspecified atom stereocenters. The summed E-state index contributed by atoms with van der Waals surface area (Å²) >= 11 is 0. The normalized spacial score (nSPS) is 25.0. The summed E-state index contributed by atoms with van der Waals surface area (Å²) in [5.74, 6) is -0.592. The molecule has 2 aliphatic rings. The summed E-state index contributed by atoms with van der Waals surface area (Å²) in [6, 6.07) is 0.292. The summed E-state index contributed by atoms with van der Waals surface area (Å²) in [4.78, 5) is 0. The molecule has 0 aromatic heterocycles. The van der Waals surface area contributed by atoms with Gasteiger partial charge in [-0.25, -0.2) is 16.8 Å². The first-order chi connectivity index (χ1) is 9.28. The molecule has 0 bridgehead atoms. The molecule has 1 atom stereocenters. The van der Waals surface area contributed by atoms with Gasteiger partial charge in [0.05, 0.1) is 11.5 Å². The van der Waals surface area contributed by atoms with Crippen molar-refractivity contribution in [3.63, 3.8) is 0 Å². The third-order valence-electron chi connectivity index (χ3n) is 3.84. The van der Waals surface area contributed by atoms with Crippen LogP contribution in [0.25, 0.3) is 0 Å². The predicted molar refractivity (Wildman–Crippen MR) is 78.9 cm³/mol. The average molecular weight is 324 g/mol. The summed E-state index contributed by atoms with van der Waals surface area (Å²) in [6.07, 6.45) is 6.12. The smallest absolute Gasteiger partial charge is 0.215 e. The van der Waals surface area contributed by atoms with Gasteiger partial charge in [0, 0.05) is 24.9 Å². The molecule has 0 aromatic carbocycles. The molecule has 0 radical (unpaired) electrons. The predicted octanol–water partition coefficient (Wildman–Crippen LogP) is -0.0327. The zero-order chi connectivity index (χ0) is 14.8. The van der Waals surface area contributed by atoms with Crippen LogP contribution in [0.3, 0.4) is 0 Å². The largest absolute Gasteiger partial charge is 0.313 e. The highest BCUT2D eigenvalue weighted by atomic mass is 32.2. The van der Waals surface area contributed by atoms with Crippen molar-refractivity contribution in [2.24, 2.45) is 0 Å². The number of sulfone groups is 1. The van der Waals surface area contributed by atoms with Crippen LogP contribution in [0.4, 0.5) is 0 Å². The molecule has 20 heavy (non-hydrogen) atoms. The summed E-state index contributed by atoms with van der Waals surface area (Å²) < 4.78 is 48.6. The number of piperidine rings is 1. The molecule has 0 spiro atoms. The van der Waals surface area contributed by atoms with Crippen LogP contribution in [0, 0.1) is 0 Å². The molecule has 1 N–H and O–H groups in total. The Labute approximate surface area is 121 Å². The van der Waals surface area contributed by atoms with Crippen molar-refractivity contribution in [2.45, 2.75) is 44.2 Å². The van der Waals surface area contributed by atoms with Crippen LogP contribution in [0.15, 0.2) is 0 Å². The highest BCUT2D eigenvalue weighted by Gasteiger charge is 2.38. The van der Waals surface area contributed by atoms with Gasteiger partial charge in [-0.15, -0.1) is 0 Å². The Morgan fingerprint density at radius 2 is 1.75 bits per heavy atom. The fourth-order valence-corrected chi connectivity index (χ4v) is 5.88. The van der Waals surface area contributed by atoms with Gasteiger partial charge < -0.3 is 5.32 Å². The minimum absolute atomic E-state index is 0.0864. The molecule has 1 saturated heterocycles. The lowest BCUT2D eigenvalue weighted by molar-refractivity contribution is 0.308. The number of sulfonamides is 1. The van der Waals surface area contributed by atoms with Crippen LogP contribution < -0.4 is 5.32 Å². The first kappa shape index (κ1) is 16.2. The van der Waals surface area contributed by atoms with E-state index < -0.39 is 19.9 Å². The number of nitrogens with zero attached hydrogens (tertiary/aromatic N) is 1. The molecule has 1 aliphatic carbocycles. The molecule has 1 aliphatic heterocycles. The van der Waals surface area contributed by atoms with Crippen molar-refractivity contribution >= 4 is 19.9 Å². The second-order valence-electron chi connectivity index (χ2n) is 5.89. The third kappa shape index (κ3) is 4.98. The van der Waals surface area contributed by atoms with Crippen molar-refractivity contribution < 1.29 is 16.8 Å². The van der Waals surface area contributed by atoms with Gasteiger partial charge in [0.2, 0.25) is 10.0 Å². The standard InChI is InChI=1S/C12H24N2O4S2/c1-19(15,16)8-9-20(17,18)14(12-5-6-12)10-11-4-2-3-7-13-11/h11-13H,2-10H2,1H3. The van der Waals surface area contributed by atoms with Gasteiger partial charge in [-0.1, -0.05) is 6.42 Å². The zero-order valence-electron chi connectivity index (χ0n) is 11.9. The SMILES string of the molecule is CS(=O)(=O)CCS(=O)(=O)N(CC1CCCCN1)C1CC1. The van der Waals surface area contributed by atoms with Crippen molar-refractivity contribution in [3.8, 4) is 0 Å². The Hall–Kier alpha value is -0.180. The van der Waals surface area contributed by atoms with E-state index in [0.29, 0.717) is 6.54 Å². The van der Waals surface area contributed by atoms with Gasteiger partial charge in [0.25, 0.3) is 0 Å². The van der Waals surface area contributed by atoms with Crippen LogP contribution in [0.2, 0.25) is 0 Å². The molecular formula is C12H24N2O4S2. The van der Waals surface area contributed by atoms with Crippen molar-refractivity contribution in [2.75, 3.05) is 30.9 Å². The number of nitrogens with one attached hydrogen (secondary N) is 1. The van der Waals surface area contributed by atoms with Crippen LogP contribution in [0.5, 0.6) is 0 Å². The van der Waals surface area contributed by atoms with E-state index in [4.69, 9.17) is 0 Å². The van der Waals surface area contributed by atoms with Crippen molar-refractivity contribution in [3.05, 3.63) is 0 Å². The van der Waals surface area contributed by atoms with Crippen LogP contribution in [-0.4, -0.2) is 64.1 Å². The zero-order valence-corrected chi connectivity index (χ0v) is 13.5. The molecular weight excluding hydrogens is 300 g/mol. The lowest BCUT2D eigenvalue weighted by Crippen LogP contribution is -2.47. The molecule has 8 heteroatoms. The minimum atomic E-state index is -3.48. The fraction of sp³-hybridized carbons (Fsp3) is 1.00. The van der Waals surface area contributed by atoms with Crippen molar-refractivity contribution in [1.29, 1.82) is 0 Å². The molecule has 2 fully saturated rings. The molecule has 0 aromatic rings. The van der Waals surface area contributed by atoms with Crippen LogP contribution in [0.1, 0.15) is 32.1 Å². The lowest BCUT2D eigenvalue weighted by Gasteiger charge is -2.30. The first-order valence-electron chi connectivity index (χ1n) is 7.18. The second-order valence-corrected chi connectivity index (χ2v) is 10.2. The van der Waals surface area contributed by atoms with E-state index in [2.05, 4.69) is 5.32 Å². The maximum Gasteiger partial charge on any atom is 0.215 e. The number of hydrogen-bond donors (Lipinski definition) is 1. The quantitative estimate of drug-likeness (QED) is 0.711. The van der Waals surface area contributed by atoms with E-state index in [1.54, 1.807) is 4.31 Å². The maximum absolute atomic E-state index is 12.4. The molecule has 118 valence electrons. The molecule has 2 rings (SSSR count).